The third-order valence-corrected chi connectivity index (χ3v) is 21.9. The van der Waals surface area contributed by atoms with Crippen molar-refractivity contribution in [3.05, 3.63) is 0 Å². The van der Waals surface area contributed by atoms with Crippen LogP contribution in [-0.4, -0.2) is 127 Å². The quantitative estimate of drug-likeness (QED) is 0.0860. The number of hydrogen-bond donors (Lipinski definition) is 1. The molecule has 15 fully saturated rings. The van der Waals surface area contributed by atoms with Gasteiger partial charge in [0.25, 0.3) is 0 Å². The topological polar surface area (TPSA) is 271 Å². The summed E-state index contributed by atoms with van der Waals surface area (Å²) in [4.78, 5) is 117. The molecule has 24 nitrogen and oxygen atoms in total. The Morgan fingerprint density at radius 1 is 0.405 bits per heavy atom. The molecular formula is C60H87NO23. The fourth-order valence-corrected chi connectivity index (χ4v) is 17.2. The van der Waals surface area contributed by atoms with Gasteiger partial charge in [-0.2, -0.15) is 0 Å². The van der Waals surface area contributed by atoms with Gasteiger partial charge in [0.15, 0.2) is 35.7 Å². The monoisotopic (exact) mass is 1190 g/mol. The highest BCUT2D eigenvalue weighted by atomic mass is 17.3. The van der Waals surface area contributed by atoms with E-state index >= 15 is 0 Å². The van der Waals surface area contributed by atoms with Crippen molar-refractivity contribution in [3.8, 4) is 0 Å². The average molecular weight is 1190 g/mol. The lowest BCUT2D eigenvalue weighted by atomic mass is 9.58. The number of rotatable bonds is 17. The van der Waals surface area contributed by atoms with Crippen molar-refractivity contribution in [1.82, 2.24) is 5.32 Å². The number of amides is 1. The molecule has 6 bridgehead atoms. The number of carbonyl (C=O) groups excluding carboxylic acids is 6. The van der Waals surface area contributed by atoms with E-state index in [1.807, 2.05) is 41.5 Å². The lowest BCUT2D eigenvalue weighted by Crippen LogP contribution is -2.70. The van der Waals surface area contributed by atoms with Crippen molar-refractivity contribution in [3.63, 3.8) is 0 Å². The summed E-state index contributed by atoms with van der Waals surface area (Å²) in [7, 11) is 0. The minimum atomic E-state index is -1.12. The van der Waals surface area contributed by atoms with Crippen molar-refractivity contribution in [2.24, 2.45) is 71.0 Å². The van der Waals surface area contributed by atoms with Gasteiger partial charge in [0, 0.05) is 61.2 Å². The van der Waals surface area contributed by atoms with Crippen molar-refractivity contribution >= 4 is 35.8 Å². The number of esters is 5. The van der Waals surface area contributed by atoms with E-state index in [1.165, 1.54) is 0 Å². The van der Waals surface area contributed by atoms with Crippen LogP contribution in [-0.2, 0) is 110 Å². The van der Waals surface area contributed by atoms with Gasteiger partial charge in [-0.15, -0.1) is 0 Å². The Hall–Kier alpha value is -3.66. The first-order chi connectivity index (χ1) is 40.0. The third kappa shape index (κ3) is 10.8. The molecule has 0 radical (unpaired) electrons. The van der Waals surface area contributed by atoms with Crippen LogP contribution in [0.25, 0.3) is 0 Å². The minimum Gasteiger partial charge on any atom is -0.463 e. The van der Waals surface area contributed by atoms with E-state index in [-0.39, 0.29) is 91.8 Å². The number of ether oxygens (including phenoxy) is 11. The van der Waals surface area contributed by atoms with Crippen LogP contribution in [0.3, 0.4) is 0 Å². The predicted octanol–water partition coefficient (Wildman–Crippen LogP) is 7.15. The fraction of sp³-hybridized carbons (Fsp3) is 0.900. The molecule has 0 aromatic heterocycles. The maximum absolute atomic E-state index is 13.6. The molecule has 15 rings (SSSR count). The van der Waals surface area contributed by atoms with Crippen LogP contribution in [0, 0.1) is 71.0 Å². The second-order valence-electron chi connectivity index (χ2n) is 27.4. The molecule has 12 saturated heterocycles. The van der Waals surface area contributed by atoms with E-state index < -0.39 is 127 Å². The fourth-order valence-electron chi connectivity index (χ4n) is 17.2. The predicted molar refractivity (Wildman–Crippen MR) is 280 cm³/mol. The molecule has 3 spiro atoms. The van der Waals surface area contributed by atoms with Crippen molar-refractivity contribution in [1.29, 1.82) is 0 Å². The van der Waals surface area contributed by atoms with Crippen LogP contribution >= 0.6 is 0 Å². The Kier molecular flexibility index (Phi) is 16.6. The van der Waals surface area contributed by atoms with E-state index in [0.717, 1.165) is 57.8 Å². The SMILES string of the molecule is C[C@H]1[C@H](OC(=O)CCC(=O)NC(COC(=O)CCC(=O)O[C@@H]2O[C@@H]3O[C@@]4(C)CC[C@H]5[C@H](C)CC[C@@H]([C@H]2C)[C@@]35OO4)COC(=O)CCC(=O)O[C@@H]2O[C@@H]3O[C@]4(C)CC[C@H]5[C@H](C)CC[C@@H]([C@H]2C)[C@@]35OO4)O[C@@H]2O[C@@]3(C)CC[C@H]4[C@H](C)CC[C@@H]1[C@@]24OO3. The van der Waals surface area contributed by atoms with Crippen LogP contribution in [0.1, 0.15) is 178 Å². The molecule has 1 N–H and O–H groups in total. The van der Waals surface area contributed by atoms with E-state index in [2.05, 4.69) is 26.1 Å². The Balaban J connectivity index is 0.644. The number of fused-ring (bicyclic) bond motifs is 6. The molecule has 1 unspecified atom stereocenters. The summed E-state index contributed by atoms with van der Waals surface area (Å²) in [5, 5.41) is 2.70. The van der Waals surface area contributed by atoms with Crippen molar-refractivity contribution < 1.29 is 110 Å². The molecule has 12 aliphatic heterocycles. The molecule has 0 aromatic carbocycles. The summed E-state index contributed by atoms with van der Waals surface area (Å²) in [6.45, 7) is 16.9. The second-order valence-corrected chi connectivity index (χ2v) is 27.4. The number of nitrogens with one attached hydrogen (secondary N) is 1. The minimum absolute atomic E-state index is 0.0873. The third-order valence-electron chi connectivity index (χ3n) is 21.9. The van der Waals surface area contributed by atoms with Crippen LogP contribution in [0.5, 0.6) is 0 Å². The standard InChI is InChI=1S/C60H87NO23/c1-30-10-13-40-33(4)49(73-52-58(40)37(30)22-25-55(7,76-52)79-82-58)70-46(65)17-16-43(62)61-36(28-68-44(63)18-20-47(66)71-50-34(5)41-14-11-31(2)38-23-26-56(8)77-53(74-50)59(38,41)83-80-56)29-69-45(64)19-21-48(67)72-51-35(6)42-15-12-32(3)39-24-27-57(9)78-54(75-51)60(39,42)84-81-57/h30-42,49-54H,10-29H2,1-9H3,(H,61,62)/t30-,31-,32-,33-,34-,35-,36?,37+,38+,39+,40+,41+,42+,49-,50-,51-,52-,53-,54-,55-,56-,57+,58-,59-,60-/m1/s1. The highest BCUT2D eigenvalue weighted by Crippen LogP contribution is 2.64. The summed E-state index contributed by atoms with van der Waals surface area (Å²) in [5.74, 6) is -7.13. The van der Waals surface area contributed by atoms with Gasteiger partial charge in [0.05, 0.1) is 38.1 Å². The Labute approximate surface area is 489 Å². The molecule has 3 saturated carbocycles. The van der Waals surface area contributed by atoms with Crippen LogP contribution < -0.4 is 5.32 Å². The molecule has 84 heavy (non-hydrogen) atoms. The van der Waals surface area contributed by atoms with Crippen LogP contribution in [0.15, 0.2) is 0 Å². The Bertz CT molecular complexity index is 2410. The summed E-state index contributed by atoms with van der Waals surface area (Å²) < 4.78 is 67.1. The van der Waals surface area contributed by atoms with Gasteiger partial charge in [-0.25, -0.2) is 29.3 Å². The summed E-state index contributed by atoms with van der Waals surface area (Å²) in [6.07, 6.45) is 2.04. The highest BCUT2D eigenvalue weighted by molar-refractivity contribution is 5.82. The van der Waals surface area contributed by atoms with Gasteiger partial charge in [-0.05, 0) is 114 Å². The zero-order valence-corrected chi connectivity index (χ0v) is 50.0. The first-order valence-electron chi connectivity index (χ1n) is 31.3. The molecule has 1 amide bonds. The largest absolute Gasteiger partial charge is 0.463 e. The van der Waals surface area contributed by atoms with E-state index in [0.29, 0.717) is 37.0 Å². The molecule has 0 aromatic rings. The van der Waals surface area contributed by atoms with Crippen molar-refractivity contribution in [2.45, 2.75) is 256 Å². The Morgan fingerprint density at radius 3 is 1.05 bits per heavy atom. The molecule has 12 heterocycles. The summed E-state index contributed by atoms with van der Waals surface area (Å²) in [5.41, 5.74) is -2.56. The van der Waals surface area contributed by atoms with E-state index in [9.17, 15) is 28.8 Å². The smallest absolute Gasteiger partial charge is 0.308 e. The lowest BCUT2D eigenvalue weighted by molar-refractivity contribution is -0.576. The van der Waals surface area contributed by atoms with Gasteiger partial charge >= 0.3 is 29.8 Å². The summed E-state index contributed by atoms with van der Waals surface area (Å²) >= 11 is 0. The second kappa shape index (κ2) is 23.1. The van der Waals surface area contributed by atoms with Crippen LogP contribution in [0.4, 0.5) is 0 Å². The van der Waals surface area contributed by atoms with Gasteiger partial charge in [0.1, 0.15) is 13.2 Å². The molecule has 3 aliphatic carbocycles. The van der Waals surface area contributed by atoms with E-state index in [4.69, 9.17) is 81.4 Å². The average Bonchev–Trinajstić information content (AvgIpc) is 1.77. The maximum Gasteiger partial charge on any atom is 0.308 e. The van der Waals surface area contributed by atoms with Gasteiger partial charge in [-0.3, -0.25) is 28.8 Å². The number of hydrogen-bond acceptors (Lipinski definition) is 23. The molecule has 25 atom stereocenters. The Morgan fingerprint density at radius 2 is 0.714 bits per heavy atom. The van der Waals surface area contributed by atoms with E-state index in [1.54, 1.807) is 0 Å². The maximum atomic E-state index is 13.6. The van der Waals surface area contributed by atoms with Crippen molar-refractivity contribution in [2.75, 3.05) is 13.2 Å². The zero-order chi connectivity index (χ0) is 59.3. The lowest BCUT2D eigenvalue weighted by Gasteiger charge is -2.59. The highest BCUT2D eigenvalue weighted by Gasteiger charge is 2.73. The zero-order valence-electron chi connectivity index (χ0n) is 50.0. The van der Waals surface area contributed by atoms with Gasteiger partial charge < -0.3 is 57.4 Å². The number of carbonyl (C=O) groups is 6. The molecule has 24 heteroatoms. The van der Waals surface area contributed by atoms with Crippen LogP contribution in [0.2, 0.25) is 0 Å². The first kappa shape index (κ1) is 60.6. The van der Waals surface area contributed by atoms with Gasteiger partial charge in [0.2, 0.25) is 42.1 Å². The first-order valence-corrected chi connectivity index (χ1v) is 31.3. The molecular weight excluding hydrogens is 1100 g/mol. The van der Waals surface area contributed by atoms with Gasteiger partial charge in [-0.1, -0.05) is 41.5 Å². The normalized spacial score (nSPS) is 47.8. The molecule has 15 aliphatic rings. The summed E-state index contributed by atoms with van der Waals surface area (Å²) in [6, 6.07) is -1.12. The molecule has 470 valence electrons.